The number of ether oxygens (including phenoxy) is 1. The maximum atomic E-state index is 12.5. The zero-order valence-electron chi connectivity index (χ0n) is 18.0. The van der Waals surface area contributed by atoms with E-state index in [-0.39, 0.29) is 28.8 Å². The van der Waals surface area contributed by atoms with Crippen LogP contribution in [-0.2, 0) is 9.57 Å². The molecule has 3 heterocycles. The summed E-state index contributed by atoms with van der Waals surface area (Å²) in [6, 6.07) is 6.29. The van der Waals surface area contributed by atoms with Gasteiger partial charge in [0.25, 0.3) is 11.8 Å². The Labute approximate surface area is 188 Å². The molecule has 4 rings (SSSR count). The Balaban J connectivity index is 1.36. The van der Waals surface area contributed by atoms with E-state index in [1.54, 1.807) is 22.4 Å². The lowest BCUT2D eigenvalue weighted by Crippen LogP contribution is -2.41. The average Bonchev–Trinajstić information content (AvgIpc) is 3.33. The van der Waals surface area contributed by atoms with Crippen LogP contribution in [0.15, 0.2) is 29.6 Å². The molecule has 0 spiro atoms. The number of carbonyl (C=O) groups excluding carboxylic acids is 4. The highest BCUT2D eigenvalue weighted by atomic mass is 32.1. The summed E-state index contributed by atoms with van der Waals surface area (Å²) in [5.74, 6) is -2.12. The fraction of sp³-hybridized carbons (Fsp3) is 0.409. The minimum atomic E-state index is -0.867. The second-order valence-electron chi connectivity index (χ2n) is 8.64. The predicted molar refractivity (Wildman–Crippen MR) is 114 cm³/mol. The largest absolute Gasteiger partial charge is 0.444 e. The van der Waals surface area contributed by atoms with Crippen molar-refractivity contribution < 1.29 is 28.8 Å². The van der Waals surface area contributed by atoms with Gasteiger partial charge in [-0.3, -0.25) is 9.59 Å². The van der Waals surface area contributed by atoms with E-state index < -0.39 is 23.4 Å². The summed E-state index contributed by atoms with van der Waals surface area (Å²) in [5.41, 5.74) is -0.115. The maximum Gasteiger partial charge on any atom is 0.410 e. The Kier molecular flexibility index (Phi) is 5.72. The molecule has 0 bridgehead atoms. The van der Waals surface area contributed by atoms with E-state index in [9.17, 15) is 19.2 Å². The first kappa shape index (κ1) is 21.9. The predicted octanol–water partition coefficient (Wildman–Crippen LogP) is 3.63. The first-order chi connectivity index (χ1) is 15.1. The van der Waals surface area contributed by atoms with Crippen LogP contribution in [0.5, 0.6) is 0 Å². The highest BCUT2D eigenvalue weighted by Gasteiger charge is 2.39. The van der Waals surface area contributed by atoms with E-state index in [2.05, 4.69) is 4.98 Å². The molecule has 1 aromatic carbocycles. The van der Waals surface area contributed by atoms with Gasteiger partial charge in [0.1, 0.15) is 5.60 Å². The number of piperidine rings is 1. The number of imide groups is 1. The third-order valence-electron chi connectivity index (χ3n) is 5.16. The fourth-order valence-corrected chi connectivity index (χ4v) is 4.54. The van der Waals surface area contributed by atoms with Crippen LogP contribution in [0.25, 0.3) is 0 Å². The molecule has 0 radical (unpaired) electrons. The zero-order chi connectivity index (χ0) is 23.0. The summed E-state index contributed by atoms with van der Waals surface area (Å²) < 4.78 is 5.41. The first-order valence-corrected chi connectivity index (χ1v) is 11.2. The number of rotatable bonds is 3. The van der Waals surface area contributed by atoms with Crippen LogP contribution in [0.3, 0.4) is 0 Å². The number of thiazole rings is 1. The van der Waals surface area contributed by atoms with Gasteiger partial charge in [-0.15, -0.1) is 11.3 Å². The van der Waals surface area contributed by atoms with Crippen LogP contribution in [0, 0.1) is 0 Å². The minimum Gasteiger partial charge on any atom is -0.444 e. The molecule has 0 N–H and O–H groups in total. The summed E-state index contributed by atoms with van der Waals surface area (Å²) in [6.07, 6.45) is 1.06. The molecule has 1 saturated heterocycles. The molecule has 1 fully saturated rings. The Morgan fingerprint density at radius 2 is 1.66 bits per heavy atom. The van der Waals surface area contributed by atoms with Gasteiger partial charge in [-0.2, -0.15) is 0 Å². The van der Waals surface area contributed by atoms with Gasteiger partial charge in [-0.1, -0.05) is 17.2 Å². The number of hydrogen-bond acceptors (Lipinski definition) is 8. The number of amides is 3. The van der Waals surface area contributed by atoms with Crippen LogP contribution in [0.4, 0.5) is 4.79 Å². The van der Waals surface area contributed by atoms with Gasteiger partial charge in [0, 0.05) is 24.4 Å². The molecule has 9 nitrogen and oxygen atoms in total. The van der Waals surface area contributed by atoms with Gasteiger partial charge in [0.05, 0.1) is 16.1 Å². The van der Waals surface area contributed by atoms with Gasteiger partial charge in [-0.25, -0.2) is 14.6 Å². The lowest BCUT2D eigenvalue weighted by molar-refractivity contribution is -0.0588. The van der Waals surface area contributed by atoms with Gasteiger partial charge in [0.15, 0.2) is 5.69 Å². The second kappa shape index (κ2) is 8.34. The van der Waals surface area contributed by atoms with E-state index in [1.165, 1.54) is 23.5 Å². The van der Waals surface area contributed by atoms with Crippen molar-refractivity contribution in [2.75, 3.05) is 13.1 Å². The van der Waals surface area contributed by atoms with Crippen molar-refractivity contribution >= 4 is 35.2 Å². The quantitative estimate of drug-likeness (QED) is 0.648. The molecule has 0 aliphatic carbocycles. The molecule has 32 heavy (non-hydrogen) atoms. The summed E-state index contributed by atoms with van der Waals surface area (Å²) in [6.45, 7) is 6.56. The molecule has 2 aliphatic heterocycles. The van der Waals surface area contributed by atoms with Crippen molar-refractivity contribution in [2.45, 2.75) is 45.1 Å². The molecule has 0 atom stereocenters. The van der Waals surface area contributed by atoms with E-state index >= 15 is 0 Å². The highest BCUT2D eigenvalue weighted by molar-refractivity contribution is 7.09. The maximum absolute atomic E-state index is 12.5. The second-order valence-corrected chi connectivity index (χ2v) is 9.53. The number of carbonyl (C=O) groups is 4. The normalized spacial score (nSPS) is 16.8. The van der Waals surface area contributed by atoms with Crippen LogP contribution >= 0.6 is 11.3 Å². The molecule has 10 heteroatoms. The Hall–Kier alpha value is -3.27. The standard InChI is InChI=1S/C22H23N3O6S/c1-22(2,3)30-21(29)24-10-8-13(9-11-24)17-23-16(12-32-17)20(28)31-25-18(26)14-6-4-5-7-15(14)19(25)27/h4-7,12-13H,8-11H2,1-3H3. The SMILES string of the molecule is CC(C)(C)OC(=O)N1CCC(c2nc(C(=O)ON3C(=O)c4ccccc4C3=O)cs2)CC1. The van der Waals surface area contributed by atoms with E-state index in [1.807, 2.05) is 20.8 Å². The van der Waals surface area contributed by atoms with Crippen LogP contribution in [-0.4, -0.2) is 57.5 Å². The zero-order valence-corrected chi connectivity index (χ0v) is 18.8. The molecule has 168 valence electrons. The van der Waals surface area contributed by atoms with Gasteiger partial charge in [0.2, 0.25) is 0 Å². The number of hydroxylamine groups is 2. The number of hydrogen-bond donors (Lipinski definition) is 0. The number of likely N-dealkylation sites (tertiary alicyclic amines) is 1. The third-order valence-corrected chi connectivity index (χ3v) is 6.17. The monoisotopic (exact) mass is 457 g/mol. The Morgan fingerprint density at radius 3 is 2.22 bits per heavy atom. The molecule has 2 aromatic rings. The van der Waals surface area contributed by atoms with E-state index in [0.29, 0.717) is 31.0 Å². The summed E-state index contributed by atoms with van der Waals surface area (Å²) >= 11 is 1.32. The van der Waals surface area contributed by atoms with E-state index in [0.717, 1.165) is 5.01 Å². The molecule has 3 amide bonds. The van der Waals surface area contributed by atoms with Crippen molar-refractivity contribution in [1.29, 1.82) is 0 Å². The van der Waals surface area contributed by atoms with Crippen LogP contribution in [0.1, 0.15) is 75.7 Å². The van der Waals surface area contributed by atoms with Gasteiger partial charge >= 0.3 is 12.1 Å². The summed E-state index contributed by atoms with van der Waals surface area (Å²) in [4.78, 5) is 60.6. The van der Waals surface area contributed by atoms with Crippen LogP contribution < -0.4 is 0 Å². The minimum absolute atomic E-state index is 0.0381. The topological polar surface area (TPSA) is 106 Å². The van der Waals surface area contributed by atoms with Crippen molar-refractivity contribution in [3.8, 4) is 0 Å². The van der Waals surface area contributed by atoms with Crippen LogP contribution in [0.2, 0.25) is 0 Å². The van der Waals surface area contributed by atoms with E-state index in [4.69, 9.17) is 9.57 Å². The van der Waals surface area contributed by atoms with Crippen molar-refractivity contribution in [1.82, 2.24) is 14.9 Å². The average molecular weight is 458 g/mol. The molecular formula is C22H23N3O6S. The van der Waals surface area contributed by atoms with Gasteiger partial charge < -0.3 is 14.5 Å². The van der Waals surface area contributed by atoms with Crippen molar-refractivity contribution in [3.63, 3.8) is 0 Å². The van der Waals surface area contributed by atoms with Crippen molar-refractivity contribution in [2.24, 2.45) is 0 Å². The number of fused-ring (bicyclic) bond motifs is 1. The molecular weight excluding hydrogens is 434 g/mol. The smallest absolute Gasteiger partial charge is 0.410 e. The molecule has 1 aromatic heterocycles. The highest BCUT2D eigenvalue weighted by Crippen LogP contribution is 2.31. The van der Waals surface area contributed by atoms with Crippen molar-refractivity contribution in [3.05, 3.63) is 51.5 Å². The number of benzene rings is 1. The number of aromatic nitrogens is 1. The lowest BCUT2D eigenvalue weighted by atomic mass is 9.98. The lowest BCUT2D eigenvalue weighted by Gasteiger charge is -2.32. The summed E-state index contributed by atoms with van der Waals surface area (Å²) in [7, 11) is 0. The molecule has 2 aliphatic rings. The Bertz CT molecular complexity index is 1050. The summed E-state index contributed by atoms with van der Waals surface area (Å²) in [5, 5.41) is 2.78. The van der Waals surface area contributed by atoms with Gasteiger partial charge in [-0.05, 0) is 45.7 Å². The first-order valence-electron chi connectivity index (χ1n) is 10.3. The molecule has 0 unspecified atom stereocenters. The number of nitrogens with zero attached hydrogens (tertiary/aromatic N) is 3. The fourth-order valence-electron chi connectivity index (χ4n) is 3.58. The Morgan fingerprint density at radius 1 is 1.06 bits per heavy atom. The molecule has 0 saturated carbocycles. The third kappa shape index (κ3) is 4.36.